The Balaban J connectivity index is 1.70. The van der Waals surface area contributed by atoms with Crippen LogP contribution >= 0.6 is 0 Å². The summed E-state index contributed by atoms with van der Waals surface area (Å²) in [6.07, 6.45) is 3.76. The van der Waals surface area contributed by atoms with Crippen LogP contribution in [0.2, 0.25) is 0 Å². The van der Waals surface area contributed by atoms with E-state index in [-0.39, 0.29) is 5.69 Å². The van der Waals surface area contributed by atoms with E-state index in [0.717, 1.165) is 47.2 Å². The van der Waals surface area contributed by atoms with Gasteiger partial charge in [-0.2, -0.15) is 0 Å². The molecular weight excluding hydrogens is 496 g/mol. The number of sulfonamides is 1. The van der Waals surface area contributed by atoms with Gasteiger partial charge in [-0.25, -0.2) is 8.42 Å². The highest BCUT2D eigenvalue weighted by molar-refractivity contribution is 7.93. The van der Waals surface area contributed by atoms with Gasteiger partial charge in [0, 0.05) is 20.2 Å². The Morgan fingerprint density at radius 1 is 0.946 bits per heavy atom. The molecule has 37 heavy (non-hydrogen) atoms. The predicted octanol–water partition coefficient (Wildman–Crippen LogP) is 3.30. The lowest BCUT2D eigenvalue weighted by Crippen LogP contribution is -2.40. The van der Waals surface area contributed by atoms with Crippen molar-refractivity contribution in [2.24, 2.45) is 7.05 Å². The molecule has 0 spiro atoms. The zero-order chi connectivity index (χ0) is 26.5. The Morgan fingerprint density at radius 3 is 2.43 bits per heavy atom. The van der Waals surface area contributed by atoms with Crippen molar-refractivity contribution in [3.05, 3.63) is 103 Å². The van der Waals surface area contributed by atoms with Crippen molar-refractivity contribution in [2.45, 2.75) is 30.6 Å². The third-order valence-corrected chi connectivity index (χ3v) is 8.73. The predicted molar refractivity (Wildman–Crippen MR) is 140 cm³/mol. The number of anilines is 1. The minimum atomic E-state index is -4.31. The van der Waals surface area contributed by atoms with Gasteiger partial charge in [0.2, 0.25) is 0 Å². The smallest absolute Gasteiger partial charge is 0.305 e. The second-order valence-corrected chi connectivity index (χ2v) is 10.9. The van der Waals surface area contributed by atoms with E-state index in [1.807, 2.05) is 12.1 Å². The van der Waals surface area contributed by atoms with Gasteiger partial charge in [0.15, 0.2) is 4.90 Å². The Kier molecular flexibility index (Phi) is 5.95. The normalized spacial score (nSPS) is 13.4. The first-order chi connectivity index (χ1) is 17.6. The largest absolute Gasteiger partial charge is 0.321 e. The number of rotatable bonds is 5. The van der Waals surface area contributed by atoms with Crippen molar-refractivity contribution in [2.75, 3.05) is 11.4 Å². The van der Waals surface area contributed by atoms with Gasteiger partial charge in [-0.15, -0.1) is 0 Å². The van der Waals surface area contributed by atoms with Crippen molar-refractivity contribution < 1.29 is 13.3 Å². The number of nitro benzene ring substituents is 1. The number of hydrogen-bond donors (Lipinski definition) is 0. The molecule has 0 fully saturated rings. The van der Waals surface area contributed by atoms with Crippen molar-refractivity contribution in [1.29, 1.82) is 0 Å². The van der Waals surface area contributed by atoms with E-state index < -0.39 is 36.6 Å². The summed E-state index contributed by atoms with van der Waals surface area (Å²) in [7, 11) is -1.43. The number of hydrogen-bond acceptors (Lipinski definition) is 6. The average Bonchev–Trinajstić information content (AvgIpc) is 2.91. The molecule has 0 aliphatic heterocycles. The first-order valence-electron chi connectivity index (χ1n) is 11.7. The number of nitrogens with zero attached hydrogens (tertiary/aromatic N) is 4. The van der Waals surface area contributed by atoms with Crippen LogP contribution in [0, 0.1) is 10.1 Å². The molecule has 0 atom stereocenters. The standard InChI is InChI=1S/C26H24N4O6S/c1-27-24-20-11-4-3-8-17(20)14-15-22(24)29(26(32)25(27)31)19-10-7-9-18(16-19)28(2)37(35,36)23-13-6-5-12-21(23)30(33)34/h5-7,9-10,12-16H,3-4,8,11H2,1-2H3. The van der Waals surface area contributed by atoms with Crippen LogP contribution in [0.15, 0.2) is 75.1 Å². The number of aromatic nitrogens is 2. The minimum absolute atomic E-state index is 0.175. The first kappa shape index (κ1) is 24.4. The molecule has 4 aromatic rings. The van der Waals surface area contributed by atoms with Crippen LogP contribution in [0.3, 0.4) is 0 Å². The number of para-hydroxylation sites is 1. The lowest BCUT2D eigenvalue weighted by Gasteiger charge is -2.23. The molecule has 11 heteroatoms. The molecule has 190 valence electrons. The molecule has 0 radical (unpaired) electrons. The first-order valence-corrected chi connectivity index (χ1v) is 13.2. The van der Waals surface area contributed by atoms with Gasteiger partial charge in [0.25, 0.3) is 15.7 Å². The summed E-state index contributed by atoms with van der Waals surface area (Å²) in [5, 5.41) is 11.4. The quantitative estimate of drug-likeness (QED) is 0.226. The van der Waals surface area contributed by atoms with Crippen LogP contribution in [0.5, 0.6) is 0 Å². The zero-order valence-corrected chi connectivity index (χ0v) is 21.1. The molecule has 0 N–H and O–H groups in total. The van der Waals surface area contributed by atoms with Gasteiger partial charge in [-0.05, 0) is 67.1 Å². The number of fused-ring (bicyclic) bond motifs is 3. The summed E-state index contributed by atoms with van der Waals surface area (Å²) < 4.78 is 30.3. The fraction of sp³-hybridized carbons (Fsp3) is 0.231. The lowest BCUT2D eigenvalue weighted by atomic mass is 9.90. The molecule has 5 rings (SSSR count). The third kappa shape index (κ3) is 3.91. The fourth-order valence-electron chi connectivity index (χ4n) is 5.00. The van der Waals surface area contributed by atoms with E-state index in [1.165, 1.54) is 46.5 Å². The number of nitro groups is 1. The Labute approximate surface area is 212 Å². The summed E-state index contributed by atoms with van der Waals surface area (Å²) in [5.41, 5.74) is 1.95. The van der Waals surface area contributed by atoms with Gasteiger partial charge in [-0.3, -0.25) is 28.6 Å². The van der Waals surface area contributed by atoms with E-state index in [4.69, 9.17) is 0 Å². The van der Waals surface area contributed by atoms with Crippen LogP contribution < -0.4 is 15.4 Å². The summed E-state index contributed by atoms with van der Waals surface area (Å²) in [5.74, 6) is 0. The molecule has 3 aromatic carbocycles. The summed E-state index contributed by atoms with van der Waals surface area (Å²) in [6.45, 7) is 0. The minimum Gasteiger partial charge on any atom is -0.305 e. The third-order valence-electron chi connectivity index (χ3n) is 6.90. The zero-order valence-electron chi connectivity index (χ0n) is 20.2. The van der Waals surface area contributed by atoms with Crippen LogP contribution in [0.1, 0.15) is 24.0 Å². The maximum atomic E-state index is 13.3. The summed E-state index contributed by atoms with van der Waals surface area (Å²) in [6, 6.07) is 15.1. The maximum absolute atomic E-state index is 13.3. The highest BCUT2D eigenvalue weighted by Crippen LogP contribution is 2.31. The molecular formula is C26H24N4O6S. The van der Waals surface area contributed by atoms with Crippen molar-refractivity contribution in [3.8, 4) is 5.69 Å². The highest BCUT2D eigenvalue weighted by atomic mass is 32.2. The Hall–Kier alpha value is -4.25. The van der Waals surface area contributed by atoms with E-state index in [1.54, 1.807) is 19.2 Å². The van der Waals surface area contributed by atoms with Crippen molar-refractivity contribution in [1.82, 2.24) is 9.13 Å². The van der Waals surface area contributed by atoms with Gasteiger partial charge in [0.1, 0.15) is 0 Å². The van der Waals surface area contributed by atoms with Crippen LogP contribution in [0.4, 0.5) is 11.4 Å². The van der Waals surface area contributed by atoms with Gasteiger partial charge in [0.05, 0.1) is 27.3 Å². The molecule has 0 unspecified atom stereocenters. The summed E-state index contributed by atoms with van der Waals surface area (Å²) in [4.78, 5) is 36.4. The second kappa shape index (κ2) is 9.00. The topological polar surface area (TPSA) is 125 Å². The number of aryl methyl sites for hydroxylation is 3. The molecule has 1 heterocycles. The fourth-order valence-corrected chi connectivity index (χ4v) is 6.34. The van der Waals surface area contributed by atoms with Crippen molar-refractivity contribution in [3.63, 3.8) is 0 Å². The molecule has 0 saturated heterocycles. The number of benzene rings is 3. The van der Waals surface area contributed by atoms with Crippen molar-refractivity contribution >= 4 is 32.4 Å². The Bertz CT molecular complexity index is 1810. The molecule has 1 aromatic heterocycles. The van der Waals surface area contributed by atoms with Crippen LogP contribution in [-0.4, -0.2) is 29.5 Å². The lowest BCUT2D eigenvalue weighted by molar-refractivity contribution is -0.387. The van der Waals surface area contributed by atoms with Crippen LogP contribution in [-0.2, 0) is 29.9 Å². The second-order valence-electron chi connectivity index (χ2n) is 9.00. The van der Waals surface area contributed by atoms with E-state index >= 15 is 0 Å². The molecule has 1 aliphatic carbocycles. The van der Waals surface area contributed by atoms with E-state index in [2.05, 4.69) is 0 Å². The van der Waals surface area contributed by atoms with E-state index in [0.29, 0.717) is 16.7 Å². The SMILES string of the molecule is CN(c1cccc(-n2c(=O)c(=O)n(C)c3c4c(ccc32)CCCC4)c1)S(=O)(=O)c1ccccc1[N+](=O)[O-]. The van der Waals surface area contributed by atoms with Gasteiger partial charge < -0.3 is 4.57 Å². The monoisotopic (exact) mass is 520 g/mol. The Morgan fingerprint density at radius 2 is 1.68 bits per heavy atom. The molecule has 10 nitrogen and oxygen atoms in total. The maximum Gasteiger partial charge on any atom is 0.321 e. The molecule has 0 amide bonds. The highest BCUT2D eigenvalue weighted by Gasteiger charge is 2.30. The molecule has 0 bridgehead atoms. The van der Waals surface area contributed by atoms with Gasteiger partial charge >= 0.3 is 11.1 Å². The molecule has 0 saturated carbocycles. The van der Waals surface area contributed by atoms with Gasteiger partial charge in [-0.1, -0.05) is 24.3 Å². The summed E-state index contributed by atoms with van der Waals surface area (Å²) >= 11 is 0. The average molecular weight is 521 g/mol. The van der Waals surface area contributed by atoms with E-state index in [9.17, 15) is 28.1 Å². The van der Waals surface area contributed by atoms with Crippen LogP contribution in [0.25, 0.3) is 16.7 Å². The molecule has 1 aliphatic rings.